The monoisotopic (exact) mass is 552 g/mol. The molecule has 1 N–H and O–H groups in total. The van der Waals surface area contributed by atoms with E-state index in [-0.39, 0.29) is 5.91 Å². The molecule has 0 saturated carbocycles. The molecule has 0 unspecified atom stereocenters. The van der Waals surface area contributed by atoms with Gasteiger partial charge >= 0.3 is 0 Å². The molecule has 2 saturated heterocycles. The Bertz CT molecular complexity index is 1270. The molecule has 2 aliphatic heterocycles. The molecule has 0 aliphatic carbocycles. The van der Waals surface area contributed by atoms with E-state index in [2.05, 4.69) is 101 Å². The number of nitrogens with zero attached hydrogens (tertiary/aromatic N) is 3. The zero-order valence-electron chi connectivity index (χ0n) is 24.6. The average Bonchev–Trinajstić information content (AvgIpc) is 3.52. The van der Waals surface area contributed by atoms with Gasteiger partial charge in [0, 0.05) is 38.4 Å². The van der Waals surface area contributed by atoms with Crippen LogP contribution in [0.5, 0.6) is 5.75 Å². The third kappa shape index (κ3) is 8.07. The van der Waals surface area contributed by atoms with Crippen LogP contribution < -0.4 is 10.1 Å². The molecule has 0 bridgehead atoms. The van der Waals surface area contributed by atoms with Crippen molar-refractivity contribution in [3.05, 3.63) is 95.6 Å². The fraction of sp³-hybridized carbons (Fsp3) is 0.400. The molecule has 0 spiro atoms. The van der Waals surface area contributed by atoms with E-state index >= 15 is 0 Å². The van der Waals surface area contributed by atoms with E-state index in [0.717, 1.165) is 61.7 Å². The second-order valence-electron chi connectivity index (χ2n) is 11.2. The number of hydrogen-bond donors (Lipinski definition) is 1. The standard InChI is InChI=1S/C35H44N4O2/c1-3-33(28-9-5-4-6-10-28)35(30-13-17-32(18-14-30)41-26-25-38-19-7-8-20-38)29-11-15-31(16-12-29)36-34(40)27-39-23-21-37(2)22-24-39/h4-6,9-18H,3,7-8,19-27H2,1-2H3,(H,36,40)/b35-33+. The van der Waals surface area contributed by atoms with Crippen LogP contribution in [0, 0.1) is 0 Å². The lowest BCUT2D eigenvalue weighted by Gasteiger charge is -2.31. The normalized spacial score (nSPS) is 17.3. The molecular formula is C35H44N4O2. The second-order valence-corrected chi connectivity index (χ2v) is 11.2. The largest absolute Gasteiger partial charge is 0.492 e. The van der Waals surface area contributed by atoms with Gasteiger partial charge in [-0.2, -0.15) is 0 Å². The number of anilines is 1. The number of carbonyl (C=O) groups excluding carboxylic acids is 1. The number of likely N-dealkylation sites (N-methyl/N-ethyl adjacent to an activating group) is 1. The van der Waals surface area contributed by atoms with E-state index in [1.807, 2.05) is 12.1 Å². The van der Waals surface area contributed by atoms with Crippen LogP contribution in [-0.4, -0.2) is 86.6 Å². The first-order chi connectivity index (χ1) is 20.1. The van der Waals surface area contributed by atoms with Crippen molar-refractivity contribution in [1.82, 2.24) is 14.7 Å². The van der Waals surface area contributed by atoms with Gasteiger partial charge in [0.15, 0.2) is 0 Å². The van der Waals surface area contributed by atoms with Gasteiger partial charge in [-0.05, 0) is 91.5 Å². The maximum Gasteiger partial charge on any atom is 0.238 e. The Balaban J connectivity index is 1.33. The van der Waals surface area contributed by atoms with Crippen molar-refractivity contribution in [2.24, 2.45) is 0 Å². The van der Waals surface area contributed by atoms with Crippen molar-refractivity contribution in [3.8, 4) is 5.75 Å². The molecule has 3 aromatic carbocycles. The molecule has 3 aromatic rings. The summed E-state index contributed by atoms with van der Waals surface area (Å²) in [6, 6.07) is 27.4. The predicted octanol–water partition coefficient (Wildman–Crippen LogP) is 5.72. The van der Waals surface area contributed by atoms with Crippen LogP contribution >= 0.6 is 0 Å². The van der Waals surface area contributed by atoms with Gasteiger partial charge < -0.3 is 15.0 Å². The number of amides is 1. The number of ether oxygens (including phenoxy) is 1. The Labute approximate surface area is 245 Å². The lowest BCUT2D eigenvalue weighted by Crippen LogP contribution is -2.47. The van der Waals surface area contributed by atoms with Crippen LogP contribution in [0.15, 0.2) is 78.9 Å². The highest BCUT2D eigenvalue weighted by Crippen LogP contribution is 2.35. The minimum Gasteiger partial charge on any atom is -0.492 e. The Morgan fingerprint density at radius 3 is 2.02 bits per heavy atom. The number of nitrogens with one attached hydrogen (secondary N) is 1. The smallest absolute Gasteiger partial charge is 0.238 e. The summed E-state index contributed by atoms with van der Waals surface area (Å²) in [6.07, 6.45) is 3.50. The fourth-order valence-corrected chi connectivity index (χ4v) is 5.83. The first-order valence-corrected chi connectivity index (χ1v) is 15.1. The van der Waals surface area contributed by atoms with E-state index in [1.54, 1.807) is 0 Å². The minimum absolute atomic E-state index is 0.0388. The van der Waals surface area contributed by atoms with Crippen LogP contribution in [0.25, 0.3) is 11.1 Å². The lowest BCUT2D eigenvalue weighted by atomic mass is 9.88. The number of piperazine rings is 1. The number of carbonyl (C=O) groups is 1. The molecule has 2 heterocycles. The zero-order valence-corrected chi connectivity index (χ0v) is 24.6. The van der Waals surface area contributed by atoms with E-state index in [4.69, 9.17) is 4.74 Å². The minimum atomic E-state index is 0.0388. The van der Waals surface area contributed by atoms with Gasteiger partial charge in [-0.15, -0.1) is 0 Å². The van der Waals surface area contributed by atoms with Crippen LogP contribution in [0.1, 0.15) is 42.9 Å². The molecule has 2 aliphatic rings. The van der Waals surface area contributed by atoms with E-state index in [9.17, 15) is 4.79 Å². The van der Waals surface area contributed by atoms with Gasteiger partial charge in [0.25, 0.3) is 0 Å². The maximum atomic E-state index is 12.7. The topological polar surface area (TPSA) is 48.1 Å². The number of allylic oxidation sites excluding steroid dienone is 1. The molecule has 2 fully saturated rings. The Hall–Kier alpha value is -3.45. The third-order valence-corrected chi connectivity index (χ3v) is 8.22. The van der Waals surface area contributed by atoms with Gasteiger partial charge in [0.1, 0.15) is 12.4 Å². The first-order valence-electron chi connectivity index (χ1n) is 15.1. The number of likely N-dealkylation sites (tertiary alicyclic amines) is 1. The van der Waals surface area contributed by atoms with E-state index in [1.165, 1.54) is 42.6 Å². The van der Waals surface area contributed by atoms with Crippen LogP contribution in [0.2, 0.25) is 0 Å². The molecule has 0 radical (unpaired) electrons. The molecular weight excluding hydrogens is 508 g/mol. The van der Waals surface area contributed by atoms with Gasteiger partial charge in [-0.1, -0.05) is 61.5 Å². The second kappa shape index (κ2) is 14.4. The molecule has 5 rings (SSSR count). The molecule has 41 heavy (non-hydrogen) atoms. The molecule has 216 valence electrons. The predicted molar refractivity (Wildman–Crippen MR) is 169 cm³/mol. The van der Waals surface area contributed by atoms with Crippen molar-refractivity contribution in [2.45, 2.75) is 26.2 Å². The summed E-state index contributed by atoms with van der Waals surface area (Å²) in [7, 11) is 2.13. The van der Waals surface area contributed by atoms with Crippen molar-refractivity contribution in [3.63, 3.8) is 0 Å². The van der Waals surface area contributed by atoms with Crippen molar-refractivity contribution in [1.29, 1.82) is 0 Å². The zero-order chi connectivity index (χ0) is 28.4. The van der Waals surface area contributed by atoms with Crippen LogP contribution in [0.4, 0.5) is 5.69 Å². The highest BCUT2D eigenvalue weighted by atomic mass is 16.5. The van der Waals surface area contributed by atoms with E-state index in [0.29, 0.717) is 13.2 Å². The fourth-order valence-electron chi connectivity index (χ4n) is 5.83. The van der Waals surface area contributed by atoms with E-state index < -0.39 is 0 Å². The third-order valence-electron chi connectivity index (χ3n) is 8.22. The molecule has 6 heteroatoms. The summed E-state index contributed by atoms with van der Waals surface area (Å²) in [5.74, 6) is 0.945. The molecule has 6 nitrogen and oxygen atoms in total. The van der Waals surface area contributed by atoms with Crippen molar-refractivity contribution in [2.75, 3.05) is 71.3 Å². The molecule has 1 amide bonds. The maximum absolute atomic E-state index is 12.7. The summed E-state index contributed by atoms with van der Waals surface area (Å²) in [5.41, 5.74) is 6.83. The number of hydrogen-bond acceptors (Lipinski definition) is 5. The van der Waals surface area contributed by atoms with Gasteiger partial charge in [0.2, 0.25) is 5.91 Å². The quantitative estimate of drug-likeness (QED) is 0.309. The van der Waals surface area contributed by atoms with Crippen LogP contribution in [0.3, 0.4) is 0 Å². The average molecular weight is 553 g/mol. The summed E-state index contributed by atoms with van der Waals surface area (Å²) in [5, 5.41) is 3.10. The van der Waals surface area contributed by atoms with Crippen molar-refractivity contribution >= 4 is 22.7 Å². The lowest BCUT2D eigenvalue weighted by molar-refractivity contribution is -0.117. The summed E-state index contributed by atoms with van der Waals surface area (Å²) in [6.45, 7) is 10.6. The van der Waals surface area contributed by atoms with Crippen LogP contribution in [-0.2, 0) is 4.79 Å². The molecule has 0 atom stereocenters. The van der Waals surface area contributed by atoms with Gasteiger partial charge in [-0.3, -0.25) is 14.6 Å². The Morgan fingerprint density at radius 2 is 1.39 bits per heavy atom. The highest BCUT2D eigenvalue weighted by Gasteiger charge is 2.18. The summed E-state index contributed by atoms with van der Waals surface area (Å²) < 4.78 is 6.09. The van der Waals surface area contributed by atoms with Gasteiger partial charge in [0.05, 0.1) is 6.54 Å². The SMILES string of the molecule is CC/C(=C(/c1ccc(NC(=O)CN2CCN(C)CC2)cc1)c1ccc(OCCN2CCCC2)cc1)c1ccccc1. The number of rotatable bonds is 11. The number of benzene rings is 3. The first kappa shape index (κ1) is 29.1. The van der Waals surface area contributed by atoms with Crippen molar-refractivity contribution < 1.29 is 9.53 Å². The summed E-state index contributed by atoms with van der Waals surface area (Å²) >= 11 is 0. The highest BCUT2D eigenvalue weighted by molar-refractivity contribution is 5.99. The Kier molecular flexibility index (Phi) is 10.2. The Morgan fingerprint density at radius 1 is 0.756 bits per heavy atom. The van der Waals surface area contributed by atoms with Gasteiger partial charge in [-0.25, -0.2) is 0 Å². The summed E-state index contributed by atoms with van der Waals surface area (Å²) in [4.78, 5) is 19.7. The molecule has 0 aromatic heterocycles.